The van der Waals surface area contributed by atoms with Gasteiger partial charge in [0.15, 0.2) is 0 Å². The van der Waals surface area contributed by atoms with Crippen molar-refractivity contribution in [1.29, 1.82) is 0 Å². The van der Waals surface area contributed by atoms with E-state index in [0.29, 0.717) is 11.3 Å². The van der Waals surface area contributed by atoms with E-state index in [2.05, 4.69) is 5.32 Å². The fourth-order valence-corrected chi connectivity index (χ4v) is 2.24. The van der Waals surface area contributed by atoms with Gasteiger partial charge in [-0.1, -0.05) is 0 Å². The van der Waals surface area contributed by atoms with Crippen LogP contribution in [0.2, 0.25) is 0 Å². The van der Waals surface area contributed by atoms with Gasteiger partial charge in [-0.3, -0.25) is 9.36 Å². The average molecular weight is 297 g/mol. The van der Waals surface area contributed by atoms with Gasteiger partial charge < -0.3 is 19.5 Å². The van der Waals surface area contributed by atoms with Crippen molar-refractivity contribution >= 4 is 30.2 Å². The van der Waals surface area contributed by atoms with Crippen LogP contribution in [-0.4, -0.2) is 21.9 Å². The minimum absolute atomic E-state index is 0.295. The summed E-state index contributed by atoms with van der Waals surface area (Å²) in [4.78, 5) is 40.1. The Balaban J connectivity index is 2.31. The molecule has 8 heteroatoms. The molecule has 0 saturated carbocycles. The van der Waals surface area contributed by atoms with E-state index in [1.807, 2.05) is 0 Å². The number of amides is 1. The van der Waals surface area contributed by atoms with Crippen molar-refractivity contribution in [1.82, 2.24) is 0 Å². The van der Waals surface area contributed by atoms with Crippen LogP contribution in [-0.2, 0) is 9.36 Å². The molecule has 2 aromatic rings. The Morgan fingerprint density at radius 3 is 2.70 bits per heavy atom. The van der Waals surface area contributed by atoms with Crippen LogP contribution < -0.4 is 10.9 Å². The molecule has 7 nitrogen and oxygen atoms in total. The Morgan fingerprint density at radius 1 is 1.35 bits per heavy atom. The largest absolute Gasteiger partial charge is 0.423 e. The third-order valence-electron chi connectivity index (χ3n) is 2.58. The number of nitrogens with one attached hydrogen (secondary N) is 1. The van der Waals surface area contributed by atoms with Crippen LogP contribution in [0.1, 0.15) is 5.56 Å². The first-order chi connectivity index (χ1) is 9.24. The molecular weight excluding hydrogens is 285 g/mol. The second kappa shape index (κ2) is 5.20. The number of fused-ring (bicyclic) bond motifs is 1. The third kappa shape index (κ3) is 3.54. The highest BCUT2D eigenvalue weighted by Crippen LogP contribution is 2.33. The summed E-state index contributed by atoms with van der Waals surface area (Å²) in [7, 11) is -4.41. The summed E-state index contributed by atoms with van der Waals surface area (Å²) in [5, 5.41) is 3.06. The van der Waals surface area contributed by atoms with Crippen molar-refractivity contribution < 1.29 is 23.6 Å². The second-order valence-corrected chi connectivity index (χ2v) is 5.98. The van der Waals surface area contributed by atoms with Crippen molar-refractivity contribution in [3.63, 3.8) is 0 Å². The van der Waals surface area contributed by atoms with Gasteiger partial charge in [0.1, 0.15) is 11.7 Å². The summed E-state index contributed by atoms with van der Waals surface area (Å²) in [6.45, 7) is 1.76. The Morgan fingerprint density at radius 2 is 2.05 bits per heavy atom. The molecule has 1 amide bonds. The van der Waals surface area contributed by atoms with Crippen molar-refractivity contribution in [3.8, 4) is 0 Å². The van der Waals surface area contributed by atoms with Crippen LogP contribution in [0.15, 0.2) is 33.5 Å². The SMILES string of the molecule is Cc1cc(=O)oc2cc(NC(=O)CP(=O)(O)O)ccc12. The zero-order valence-electron chi connectivity index (χ0n) is 10.5. The molecule has 1 aromatic carbocycles. The van der Waals surface area contributed by atoms with E-state index in [-0.39, 0.29) is 0 Å². The maximum absolute atomic E-state index is 11.4. The lowest BCUT2D eigenvalue weighted by Crippen LogP contribution is -2.16. The molecule has 20 heavy (non-hydrogen) atoms. The molecule has 2 rings (SSSR count). The standard InChI is InChI=1S/C12H12NO6P/c1-7-4-12(15)19-10-5-8(2-3-9(7)10)13-11(14)6-20(16,17)18/h2-5H,6H2,1H3,(H,13,14)(H2,16,17,18). The fourth-order valence-electron chi connectivity index (χ4n) is 1.79. The first-order valence-electron chi connectivity index (χ1n) is 5.63. The summed E-state index contributed by atoms with van der Waals surface area (Å²) in [6.07, 6.45) is -0.900. The number of carbonyl (C=O) groups is 1. The molecule has 0 spiro atoms. The monoisotopic (exact) mass is 297 g/mol. The predicted octanol–water partition coefficient (Wildman–Crippen LogP) is 1.22. The zero-order valence-corrected chi connectivity index (χ0v) is 11.4. The lowest BCUT2D eigenvalue weighted by Gasteiger charge is -2.07. The van der Waals surface area contributed by atoms with Gasteiger partial charge >= 0.3 is 13.2 Å². The van der Waals surface area contributed by atoms with Crippen molar-refractivity contribution in [2.75, 3.05) is 11.5 Å². The molecule has 0 fully saturated rings. The molecule has 0 unspecified atom stereocenters. The number of carbonyl (C=O) groups excluding carboxylic acids is 1. The molecule has 1 aromatic heterocycles. The summed E-state index contributed by atoms with van der Waals surface area (Å²) in [6, 6.07) is 6.00. The Bertz CT molecular complexity index is 775. The third-order valence-corrected chi connectivity index (χ3v) is 3.28. The molecule has 106 valence electrons. The number of aryl methyl sites for hydroxylation is 1. The molecule has 0 bridgehead atoms. The Kier molecular flexibility index (Phi) is 3.76. The van der Waals surface area contributed by atoms with Gasteiger partial charge in [0, 0.05) is 23.2 Å². The predicted molar refractivity (Wildman–Crippen MR) is 72.8 cm³/mol. The van der Waals surface area contributed by atoms with Gasteiger partial charge in [-0.2, -0.15) is 0 Å². The molecule has 3 N–H and O–H groups in total. The zero-order chi connectivity index (χ0) is 14.9. The Hall–Kier alpha value is -1.95. The van der Waals surface area contributed by atoms with E-state index in [9.17, 15) is 14.2 Å². The summed E-state index contributed by atoms with van der Waals surface area (Å²) in [5.41, 5.74) is 0.826. The summed E-state index contributed by atoms with van der Waals surface area (Å²) in [5.74, 6) is -0.812. The van der Waals surface area contributed by atoms with Crippen molar-refractivity contribution in [3.05, 3.63) is 40.2 Å². The number of hydrogen-bond donors (Lipinski definition) is 3. The van der Waals surface area contributed by atoms with E-state index >= 15 is 0 Å². The maximum atomic E-state index is 11.4. The highest BCUT2D eigenvalue weighted by atomic mass is 31.2. The van der Waals surface area contributed by atoms with Crippen LogP contribution >= 0.6 is 7.60 Å². The molecule has 0 atom stereocenters. The van der Waals surface area contributed by atoms with E-state index < -0.39 is 25.3 Å². The van der Waals surface area contributed by atoms with E-state index in [0.717, 1.165) is 10.9 Å². The van der Waals surface area contributed by atoms with Crippen molar-refractivity contribution in [2.24, 2.45) is 0 Å². The van der Waals surface area contributed by atoms with Gasteiger partial charge in [0.2, 0.25) is 5.91 Å². The maximum Gasteiger partial charge on any atom is 0.336 e. The molecule has 0 aliphatic rings. The highest BCUT2D eigenvalue weighted by molar-refractivity contribution is 7.52. The van der Waals surface area contributed by atoms with Crippen LogP contribution in [0.25, 0.3) is 11.0 Å². The van der Waals surface area contributed by atoms with Crippen LogP contribution in [0.4, 0.5) is 5.69 Å². The van der Waals surface area contributed by atoms with E-state index in [4.69, 9.17) is 14.2 Å². The number of anilines is 1. The average Bonchev–Trinajstić information content (AvgIpc) is 2.24. The minimum atomic E-state index is -4.41. The van der Waals surface area contributed by atoms with Crippen molar-refractivity contribution in [2.45, 2.75) is 6.92 Å². The molecule has 0 saturated heterocycles. The lowest BCUT2D eigenvalue weighted by molar-refractivity contribution is -0.114. The summed E-state index contributed by atoms with van der Waals surface area (Å²) >= 11 is 0. The van der Waals surface area contributed by atoms with E-state index in [1.165, 1.54) is 12.1 Å². The topological polar surface area (TPSA) is 117 Å². The van der Waals surface area contributed by atoms with Gasteiger partial charge in [-0.25, -0.2) is 4.79 Å². The molecule has 0 radical (unpaired) electrons. The van der Waals surface area contributed by atoms with Gasteiger partial charge in [-0.15, -0.1) is 0 Å². The molecule has 0 aliphatic heterocycles. The first-order valence-corrected chi connectivity index (χ1v) is 7.43. The summed E-state index contributed by atoms with van der Waals surface area (Å²) < 4.78 is 15.7. The second-order valence-electron chi connectivity index (χ2n) is 4.33. The van der Waals surface area contributed by atoms with E-state index in [1.54, 1.807) is 19.1 Å². The van der Waals surface area contributed by atoms with Crippen LogP contribution in [0.3, 0.4) is 0 Å². The fraction of sp³-hybridized carbons (Fsp3) is 0.167. The lowest BCUT2D eigenvalue weighted by atomic mass is 10.1. The van der Waals surface area contributed by atoms with Crippen LogP contribution in [0, 0.1) is 6.92 Å². The molecule has 1 heterocycles. The normalized spacial score (nSPS) is 11.6. The van der Waals surface area contributed by atoms with Gasteiger partial charge in [0.05, 0.1) is 0 Å². The number of benzene rings is 1. The van der Waals surface area contributed by atoms with Gasteiger partial charge in [-0.05, 0) is 24.6 Å². The quantitative estimate of drug-likeness (QED) is 0.579. The molecule has 0 aliphatic carbocycles. The van der Waals surface area contributed by atoms with Crippen LogP contribution in [0.5, 0.6) is 0 Å². The number of rotatable bonds is 3. The first kappa shape index (κ1) is 14.5. The molecular formula is C12H12NO6P. The van der Waals surface area contributed by atoms with Gasteiger partial charge in [0.25, 0.3) is 0 Å². The smallest absolute Gasteiger partial charge is 0.336 e. The minimum Gasteiger partial charge on any atom is -0.423 e. The highest BCUT2D eigenvalue weighted by Gasteiger charge is 2.19. The Labute approximate surface area is 113 Å². The number of hydrogen-bond acceptors (Lipinski definition) is 4.